The fraction of sp³-hybridized carbons (Fsp3) is 0. The van der Waals surface area contributed by atoms with Gasteiger partial charge in [0.15, 0.2) is 0 Å². The number of halogens is 1. The van der Waals surface area contributed by atoms with Gasteiger partial charge in [0, 0.05) is 16.9 Å². The Labute approximate surface area is 115 Å². The molecule has 0 aromatic heterocycles. The van der Waals surface area contributed by atoms with Gasteiger partial charge in [-0.05, 0) is 42.5 Å². The van der Waals surface area contributed by atoms with E-state index >= 15 is 0 Å². The summed E-state index contributed by atoms with van der Waals surface area (Å²) in [5.41, 5.74) is 7.54. The van der Waals surface area contributed by atoms with Crippen LogP contribution in [0.1, 0.15) is 15.9 Å². The third kappa shape index (κ3) is 3.03. The minimum atomic E-state index is -0.263. The molecule has 2 aromatic rings. The SMILES string of the molecule is N#Cc1ccc(NC(=O)c2ccc(N)cc2)cc1Cl. The van der Waals surface area contributed by atoms with Crippen molar-refractivity contribution in [2.75, 3.05) is 11.1 Å². The second-order valence-corrected chi connectivity index (χ2v) is 4.29. The number of carbonyl (C=O) groups is 1. The predicted molar refractivity (Wildman–Crippen MR) is 75.0 cm³/mol. The van der Waals surface area contributed by atoms with Crippen molar-refractivity contribution >= 4 is 28.9 Å². The third-order valence-electron chi connectivity index (χ3n) is 2.52. The summed E-state index contributed by atoms with van der Waals surface area (Å²) in [6.07, 6.45) is 0. The Hall–Kier alpha value is -2.51. The number of benzene rings is 2. The van der Waals surface area contributed by atoms with Gasteiger partial charge < -0.3 is 11.1 Å². The molecule has 0 aliphatic carbocycles. The normalized spacial score (nSPS) is 9.68. The Balaban J connectivity index is 2.17. The summed E-state index contributed by atoms with van der Waals surface area (Å²) in [7, 11) is 0. The maximum Gasteiger partial charge on any atom is 0.255 e. The van der Waals surface area contributed by atoms with E-state index in [4.69, 9.17) is 22.6 Å². The molecule has 0 heterocycles. The van der Waals surface area contributed by atoms with Gasteiger partial charge in [-0.3, -0.25) is 4.79 Å². The monoisotopic (exact) mass is 271 g/mol. The van der Waals surface area contributed by atoms with Gasteiger partial charge in [0.1, 0.15) is 6.07 Å². The lowest BCUT2D eigenvalue weighted by Crippen LogP contribution is -2.11. The molecule has 2 rings (SSSR count). The number of hydrogen-bond donors (Lipinski definition) is 2. The molecule has 19 heavy (non-hydrogen) atoms. The van der Waals surface area contributed by atoms with Crippen LogP contribution in [0.25, 0.3) is 0 Å². The largest absolute Gasteiger partial charge is 0.399 e. The van der Waals surface area contributed by atoms with Crippen LogP contribution in [0.2, 0.25) is 5.02 Å². The molecule has 0 spiro atoms. The highest BCUT2D eigenvalue weighted by Crippen LogP contribution is 2.20. The van der Waals surface area contributed by atoms with E-state index in [1.165, 1.54) is 6.07 Å². The minimum absolute atomic E-state index is 0.263. The molecule has 0 saturated heterocycles. The summed E-state index contributed by atoms with van der Waals surface area (Å²) < 4.78 is 0. The van der Waals surface area contributed by atoms with E-state index < -0.39 is 0 Å². The van der Waals surface area contributed by atoms with Crippen molar-refractivity contribution in [3.8, 4) is 6.07 Å². The van der Waals surface area contributed by atoms with Gasteiger partial charge in [0.2, 0.25) is 0 Å². The van der Waals surface area contributed by atoms with Crippen LogP contribution in [0.15, 0.2) is 42.5 Å². The number of anilines is 2. The quantitative estimate of drug-likeness (QED) is 0.824. The number of nitriles is 1. The Morgan fingerprint density at radius 3 is 2.47 bits per heavy atom. The molecule has 0 aliphatic heterocycles. The maximum absolute atomic E-state index is 11.9. The van der Waals surface area contributed by atoms with Crippen LogP contribution < -0.4 is 11.1 Å². The molecular formula is C14H10ClN3O. The first-order chi connectivity index (χ1) is 9.10. The summed E-state index contributed by atoms with van der Waals surface area (Å²) in [4.78, 5) is 11.9. The summed E-state index contributed by atoms with van der Waals surface area (Å²) in [6.45, 7) is 0. The molecule has 4 nitrogen and oxygen atoms in total. The van der Waals surface area contributed by atoms with Crippen LogP contribution in [0, 0.1) is 11.3 Å². The zero-order valence-corrected chi connectivity index (χ0v) is 10.6. The fourth-order valence-electron chi connectivity index (χ4n) is 1.52. The number of hydrogen-bond acceptors (Lipinski definition) is 3. The number of rotatable bonds is 2. The lowest BCUT2D eigenvalue weighted by Gasteiger charge is -2.06. The molecular weight excluding hydrogens is 262 g/mol. The highest BCUT2D eigenvalue weighted by molar-refractivity contribution is 6.32. The summed E-state index contributed by atoms with van der Waals surface area (Å²) in [6, 6.07) is 13.2. The molecule has 1 amide bonds. The lowest BCUT2D eigenvalue weighted by molar-refractivity contribution is 0.102. The molecule has 0 unspecified atom stereocenters. The van der Waals surface area contributed by atoms with Crippen LogP contribution >= 0.6 is 11.6 Å². The van der Waals surface area contributed by atoms with Crippen LogP contribution in [-0.4, -0.2) is 5.91 Å². The maximum atomic E-state index is 11.9. The van der Waals surface area contributed by atoms with Crippen molar-refractivity contribution in [3.05, 3.63) is 58.6 Å². The average molecular weight is 272 g/mol. The van der Waals surface area contributed by atoms with Gasteiger partial charge in [-0.2, -0.15) is 5.26 Å². The van der Waals surface area contributed by atoms with Gasteiger partial charge in [0.05, 0.1) is 10.6 Å². The van der Waals surface area contributed by atoms with Crippen molar-refractivity contribution < 1.29 is 4.79 Å². The zero-order valence-electron chi connectivity index (χ0n) is 9.85. The van der Waals surface area contributed by atoms with Crippen LogP contribution in [0.3, 0.4) is 0 Å². The van der Waals surface area contributed by atoms with Gasteiger partial charge in [0.25, 0.3) is 5.91 Å². The first-order valence-electron chi connectivity index (χ1n) is 5.46. The molecule has 0 bridgehead atoms. The van der Waals surface area contributed by atoms with E-state index in [0.717, 1.165) is 0 Å². The number of nitrogen functional groups attached to an aromatic ring is 1. The second-order valence-electron chi connectivity index (χ2n) is 3.88. The van der Waals surface area contributed by atoms with Crippen molar-refractivity contribution in [1.82, 2.24) is 0 Å². The fourth-order valence-corrected chi connectivity index (χ4v) is 1.74. The zero-order chi connectivity index (χ0) is 13.8. The Morgan fingerprint density at radius 2 is 1.89 bits per heavy atom. The second kappa shape index (κ2) is 5.42. The van der Waals surface area contributed by atoms with Crippen molar-refractivity contribution in [3.63, 3.8) is 0 Å². The van der Waals surface area contributed by atoms with E-state index in [0.29, 0.717) is 27.5 Å². The Bertz CT molecular complexity index is 659. The van der Waals surface area contributed by atoms with Crippen LogP contribution in [-0.2, 0) is 0 Å². The molecule has 0 saturated carbocycles. The highest BCUT2D eigenvalue weighted by atomic mass is 35.5. The van der Waals surface area contributed by atoms with Gasteiger partial charge in [-0.15, -0.1) is 0 Å². The van der Waals surface area contributed by atoms with Gasteiger partial charge in [-0.25, -0.2) is 0 Å². The molecule has 3 N–H and O–H groups in total. The molecule has 0 radical (unpaired) electrons. The first kappa shape index (κ1) is 12.9. The lowest BCUT2D eigenvalue weighted by atomic mass is 10.2. The number of amides is 1. The predicted octanol–water partition coefficient (Wildman–Crippen LogP) is 3.05. The van der Waals surface area contributed by atoms with E-state index in [2.05, 4.69) is 5.32 Å². The van der Waals surface area contributed by atoms with Gasteiger partial charge >= 0.3 is 0 Å². The van der Waals surface area contributed by atoms with E-state index in [1.807, 2.05) is 6.07 Å². The Kier molecular flexibility index (Phi) is 3.69. The van der Waals surface area contributed by atoms with E-state index in [-0.39, 0.29) is 5.91 Å². The van der Waals surface area contributed by atoms with Crippen molar-refractivity contribution in [1.29, 1.82) is 5.26 Å². The van der Waals surface area contributed by atoms with Crippen molar-refractivity contribution in [2.24, 2.45) is 0 Å². The number of nitrogens with one attached hydrogen (secondary N) is 1. The van der Waals surface area contributed by atoms with E-state index in [9.17, 15) is 4.79 Å². The summed E-state index contributed by atoms with van der Waals surface area (Å²) in [5.74, 6) is -0.263. The number of nitrogens with two attached hydrogens (primary N) is 1. The Morgan fingerprint density at radius 1 is 1.21 bits per heavy atom. The highest BCUT2D eigenvalue weighted by Gasteiger charge is 2.07. The van der Waals surface area contributed by atoms with Gasteiger partial charge in [-0.1, -0.05) is 11.6 Å². The number of carbonyl (C=O) groups excluding carboxylic acids is 1. The molecule has 2 aromatic carbocycles. The van der Waals surface area contributed by atoms with Crippen LogP contribution in [0.4, 0.5) is 11.4 Å². The third-order valence-corrected chi connectivity index (χ3v) is 2.83. The van der Waals surface area contributed by atoms with Crippen LogP contribution in [0.5, 0.6) is 0 Å². The molecule has 0 fully saturated rings. The smallest absolute Gasteiger partial charge is 0.255 e. The average Bonchev–Trinajstić information content (AvgIpc) is 2.39. The minimum Gasteiger partial charge on any atom is -0.399 e. The standard InChI is InChI=1S/C14H10ClN3O/c15-13-7-12(6-3-10(13)8-16)18-14(19)9-1-4-11(17)5-2-9/h1-7H,17H2,(H,18,19). The van der Waals surface area contributed by atoms with Crippen molar-refractivity contribution in [2.45, 2.75) is 0 Å². The first-order valence-corrected chi connectivity index (χ1v) is 5.84. The topological polar surface area (TPSA) is 78.9 Å². The number of nitrogens with zero attached hydrogens (tertiary/aromatic N) is 1. The molecule has 94 valence electrons. The summed E-state index contributed by atoms with van der Waals surface area (Å²) in [5, 5.41) is 11.8. The molecule has 0 atom stereocenters. The molecule has 0 aliphatic rings. The molecule has 5 heteroatoms. The van der Waals surface area contributed by atoms with E-state index in [1.54, 1.807) is 36.4 Å². The summed E-state index contributed by atoms with van der Waals surface area (Å²) >= 11 is 5.89.